The number of hydrogen-bond donors (Lipinski definition) is 3. The number of nitrogens with zero attached hydrogens (tertiary/aromatic N) is 1. The van der Waals surface area contributed by atoms with E-state index < -0.39 is 41.9 Å². The van der Waals surface area contributed by atoms with Crippen molar-refractivity contribution in [2.75, 3.05) is 6.54 Å². The summed E-state index contributed by atoms with van der Waals surface area (Å²) < 4.78 is 0. The fraction of sp³-hybridized carbons (Fsp3) is 0.667. The molecule has 0 unspecified atom stereocenters. The molecule has 1 atom stereocenters. The van der Waals surface area contributed by atoms with Gasteiger partial charge in [-0.3, -0.25) is 14.5 Å². The highest BCUT2D eigenvalue weighted by atomic mass is 16.4. The predicted octanol–water partition coefficient (Wildman–Crippen LogP) is -0.458. The number of amides is 4. The number of urea groups is 1. The van der Waals surface area contributed by atoms with Gasteiger partial charge in [0.25, 0.3) is 5.91 Å². The van der Waals surface area contributed by atoms with Crippen LogP contribution < -0.4 is 10.6 Å². The van der Waals surface area contributed by atoms with E-state index in [0.29, 0.717) is 0 Å². The van der Waals surface area contributed by atoms with E-state index >= 15 is 0 Å². The highest BCUT2D eigenvalue weighted by Gasteiger charge is 2.45. The molecule has 20 heavy (non-hydrogen) atoms. The van der Waals surface area contributed by atoms with E-state index in [0.717, 1.165) is 4.90 Å². The third kappa shape index (κ3) is 3.25. The van der Waals surface area contributed by atoms with Crippen LogP contribution in [0.25, 0.3) is 0 Å². The molecule has 1 saturated heterocycles. The minimum atomic E-state index is -1.16. The van der Waals surface area contributed by atoms with E-state index in [2.05, 4.69) is 10.6 Å². The quantitative estimate of drug-likeness (QED) is 0.591. The second-order valence-electron chi connectivity index (χ2n) is 5.57. The molecule has 0 radical (unpaired) electrons. The number of rotatable bonds is 5. The minimum absolute atomic E-state index is 0.309. The van der Waals surface area contributed by atoms with Crippen LogP contribution in [0.3, 0.4) is 0 Å². The van der Waals surface area contributed by atoms with Gasteiger partial charge in [-0.2, -0.15) is 0 Å². The van der Waals surface area contributed by atoms with Crippen LogP contribution in [0.5, 0.6) is 0 Å². The zero-order valence-electron chi connectivity index (χ0n) is 11.9. The molecule has 0 aliphatic carbocycles. The summed E-state index contributed by atoms with van der Waals surface area (Å²) >= 11 is 0. The van der Waals surface area contributed by atoms with E-state index in [1.807, 2.05) is 0 Å². The SMILES string of the molecule is CC(C)[C@@H](NC(=O)CN1C(=O)NC(C)(C)C1=O)C(=O)O. The van der Waals surface area contributed by atoms with Crippen molar-refractivity contribution in [1.82, 2.24) is 15.5 Å². The second-order valence-corrected chi connectivity index (χ2v) is 5.57. The van der Waals surface area contributed by atoms with Crippen LogP contribution in [0, 0.1) is 5.92 Å². The molecule has 1 heterocycles. The van der Waals surface area contributed by atoms with Gasteiger partial charge < -0.3 is 15.7 Å². The lowest BCUT2D eigenvalue weighted by molar-refractivity contribution is -0.143. The van der Waals surface area contributed by atoms with Crippen LogP contribution in [-0.2, 0) is 14.4 Å². The summed E-state index contributed by atoms with van der Waals surface area (Å²) in [5.41, 5.74) is -1.05. The molecule has 0 bridgehead atoms. The van der Waals surface area contributed by atoms with Crippen molar-refractivity contribution in [1.29, 1.82) is 0 Å². The van der Waals surface area contributed by atoms with Crippen molar-refractivity contribution in [3.63, 3.8) is 0 Å². The Morgan fingerprint density at radius 1 is 1.35 bits per heavy atom. The zero-order chi connectivity index (χ0) is 15.7. The molecule has 1 aliphatic rings. The largest absolute Gasteiger partial charge is 0.480 e. The molecule has 4 amide bonds. The van der Waals surface area contributed by atoms with E-state index in [9.17, 15) is 19.2 Å². The summed E-state index contributed by atoms with van der Waals surface area (Å²) in [5, 5.41) is 13.7. The average Bonchev–Trinajstić information content (AvgIpc) is 2.47. The molecule has 1 aliphatic heterocycles. The number of carboxylic acids is 1. The fourth-order valence-corrected chi connectivity index (χ4v) is 1.84. The highest BCUT2D eigenvalue weighted by molar-refractivity contribution is 6.08. The molecule has 0 saturated carbocycles. The number of nitrogens with one attached hydrogen (secondary N) is 2. The van der Waals surface area contributed by atoms with Gasteiger partial charge in [0.15, 0.2) is 0 Å². The second kappa shape index (κ2) is 5.48. The molecule has 0 spiro atoms. The summed E-state index contributed by atoms with van der Waals surface area (Å²) in [6.45, 7) is 5.86. The first kappa shape index (κ1) is 15.9. The number of hydrogen-bond acceptors (Lipinski definition) is 4. The van der Waals surface area contributed by atoms with Gasteiger partial charge in [0.1, 0.15) is 18.1 Å². The molecule has 8 heteroatoms. The van der Waals surface area contributed by atoms with Gasteiger partial charge in [0, 0.05) is 0 Å². The van der Waals surface area contributed by atoms with Crippen LogP contribution in [0.1, 0.15) is 27.7 Å². The average molecular weight is 285 g/mol. The first-order valence-electron chi connectivity index (χ1n) is 6.22. The zero-order valence-corrected chi connectivity index (χ0v) is 11.9. The lowest BCUT2D eigenvalue weighted by Crippen LogP contribution is -2.49. The molecule has 1 fully saturated rings. The van der Waals surface area contributed by atoms with E-state index in [1.54, 1.807) is 13.8 Å². The van der Waals surface area contributed by atoms with Crippen molar-refractivity contribution in [2.24, 2.45) is 5.92 Å². The summed E-state index contributed by atoms with van der Waals surface area (Å²) in [5.74, 6) is -2.68. The maximum Gasteiger partial charge on any atom is 0.326 e. The summed E-state index contributed by atoms with van der Waals surface area (Å²) in [7, 11) is 0. The Morgan fingerprint density at radius 3 is 2.25 bits per heavy atom. The third-order valence-corrected chi connectivity index (χ3v) is 3.00. The number of aliphatic carboxylic acids is 1. The van der Waals surface area contributed by atoms with Crippen LogP contribution in [0.2, 0.25) is 0 Å². The molecule has 8 nitrogen and oxygen atoms in total. The lowest BCUT2D eigenvalue weighted by Gasteiger charge is -2.20. The van der Waals surface area contributed by atoms with Gasteiger partial charge in [0.05, 0.1) is 0 Å². The first-order chi connectivity index (χ1) is 9.06. The first-order valence-corrected chi connectivity index (χ1v) is 6.22. The van der Waals surface area contributed by atoms with Crippen LogP contribution in [0.15, 0.2) is 0 Å². The van der Waals surface area contributed by atoms with Crippen molar-refractivity contribution in [2.45, 2.75) is 39.3 Å². The predicted molar refractivity (Wildman–Crippen MR) is 68.7 cm³/mol. The highest BCUT2D eigenvalue weighted by Crippen LogP contribution is 2.16. The molecule has 3 N–H and O–H groups in total. The van der Waals surface area contributed by atoms with Crippen LogP contribution in [0.4, 0.5) is 4.79 Å². The van der Waals surface area contributed by atoms with Crippen molar-refractivity contribution in [3.05, 3.63) is 0 Å². The number of carboxylic acid groups (broad SMARTS) is 1. The molecular formula is C12H19N3O5. The van der Waals surface area contributed by atoms with Gasteiger partial charge in [-0.1, -0.05) is 13.8 Å². The Bertz CT molecular complexity index is 458. The van der Waals surface area contributed by atoms with Crippen molar-refractivity contribution < 1.29 is 24.3 Å². The maximum atomic E-state index is 11.9. The summed E-state index contributed by atoms with van der Waals surface area (Å²) in [6, 6.07) is -1.72. The molecule has 0 aromatic carbocycles. The maximum absolute atomic E-state index is 11.9. The molecule has 0 aromatic rings. The van der Waals surface area contributed by atoms with Crippen molar-refractivity contribution in [3.8, 4) is 0 Å². The normalized spacial score (nSPS) is 18.9. The van der Waals surface area contributed by atoms with Gasteiger partial charge in [-0.25, -0.2) is 9.59 Å². The Kier molecular flexibility index (Phi) is 4.36. The minimum Gasteiger partial charge on any atom is -0.480 e. The fourth-order valence-electron chi connectivity index (χ4n) is 1.84. The van der Waals surface area contributed by atoms with E-state index in [-0.39, 0.29) is 5.92 Å². The van der Waals surface area contributed by atoms with Gasteiger partial charge in [-0.05, 0) is 19.8 Å². The van der Waals surface area contributed by atoms with Crippen LogP contribution in [-0.4, -0.2) is 51.9 Å². The molecule has 112 valence electrons. The van der Waals surface area contributed by atoms with Gasteiger partial charge >= 0.3 is 12.0 Å². The van der Waals surface area contributed by atoms with Crippen LogP contribution >= 0.6 is 0 Å². The monoisotopic (exact) mass is 285 g/mol. The standard InChI is InChI=1S/C12H19N3O5/c1-6(2)8(9(17)18)13-7(16)5-15-10(19)12(3,4)14-11(15)20/h6,8H,5H2,1-4H3,(H,13,16)(H,14,20)(H,17,18)/t8-/m1/s1. The van der Waals surface area contributed by atoms with E-state index in [4.69, 9.17) is 5.11 Å². The van der Waals surface area contributed by atoms with Crippen molar-refractivity contribution >= 4 is 23.8 Å². The lowest BCUT2D eigenvalue weighted by atomic mass is 10.0. The van der Waals surface area contributed by atoms with Gasteiger partial charge in [-0.15, -0.1) is 0 Å². The topological polar surface area (TPSA) is 116 Å². The van der Waals surface area contributed by atoms with Gasteiger partial charge in [0.2, 0.25) is 5.91 Å². The number of carbonyl (C=O) groups excluding carboxylic acids is 3. The molecular weight excluding hydrogens is 266 g/mol. The molecule has 0 aromatic heterocycles. The summed E-state index contributed by atoms with van der Waals surface area (Å²) in [6.07, 6.45) is 0. The number of carbonyl (C=O) groups is 4. The van der Waals surface area contributed by atoms with E-state index in [1.165, 1.54) is 13.8 Å². The smallest absolute Gasteiger partial charge is 0.326 e. The Labute approximate surface area is 116 Å². The Balaban J connectivity index is 2.70. The number of imide groups is 1. The Morgan fingerprint density at radius 2 is 1.90 bits per heavy atom. The third-order valence-electron chi connectivity index (χ3n) is 3.00. The Hall–Kier alpha value is -2.12. The molecule has 1 rings (SSSR count). The summed E-state index contributed by atoms with van der Waals surface area (Å²) in [4.78, 5) is 47.0.